The average Bonchev–Trinajstić information content (AvgIpc) is 2.90. The first-order valence-electron chi connectivity index (χ1n) is 6.59. The van der Waals surface area contributed by atoms with Crippen LogP contribution in [0.3, 0.4) is 0 Å². The topological polar surface area (TPSA) is 74.7 Å². The Kier molecular flexibility index (Phi) is 4.58. The predicted octanol–water partition coefficient (Wildman–Crippen LogP) is 2.95. The Morgan fingerprint density at radius 2 is 1.82 bits per heavy atom. The fourth-order valence-electron chi connectivity index (χ4n) is 2.49. The monoisotopic (exact) mass is 339 g/mol. The molecule has 1 aromatic carbocycles. The van der Waals surface area contributed by atoms with Crippen LogP contribution in [0.2, 0.25) is 0 Å². The van der Waals surface area contributed by atoms with E-state index in [4.69, 9.17) is 5.11 Å². The maximum absolute atomic E-state index is 12.8. The molecule has 0 saturated carbocycles. The normalized spacial score (nSPS) is 11.4. The number of anilines is 1. The fourth-order valence-corrected chi connectivity index (χ4v) is 5.14. The second-order valence-corrected chi connectivity index (χ2v) is 8.12. The molecule has 0 unspecified atom stereocenters. The van der Waals surface area contributed by atoms with Crippen molar-refractivity contribution in [3.8, 4) is 0 Å². The van der Waals surface area contributed by atoms with Crippen molar-refractivity contribution >= 4 is 33.0 Å². The third-order valence-corrected chi connectivity index (χ3v) is 6.32. The largest absolute Gasteiger partial charge is 0.480 e. The number of carbonyl (C=O) groups is 1. The number of carboxylic acid groups (broad SMARTS) is 1. The van der Waals surface area contributed by atoms with Gasteiger partial charge in [0.25, 0.3) is 10.0 Å². The minimum Gasteiger partial charge on any atom is -0.480 e. The van der Waals surface area contributed by atoms with E-state index < -0.39 is 22.5 Å². The molecule has 0 aliphatic carbocycles. The molecular weight excluding hydrogens is 322 g/mol. The van der Waals surface area contributed by atoms with Crippen LogP contribution in [0.5, 0.6) is 0 Å². The number of rotatable bonds is 5. The molecule has 5 nitrogen and oxygen atoms in total. The number of benzene rings is 1. The van der Waals surface area contributed by atoms with Crippen molar-refractivity contribution in [1.82, 2.24) is 0 Å². The number of aliphatic carboxylic acids is 1. The van der Waals surface area contributed by atoms with E-state index in [0.717, 1.165) is 32.3 Å². The lowest BCUT2D eigenvalue weighted by molar-refractivity contribution is -0.135. The lowest BCUT2D eigenvalue weighted by Gasteiger charge is -2.25. The molecule has 22 heavy (non-hydrogen) atoms. The van der Waals surface area contributed by atoms with Crippen LogP contribution in [-0.2, 0) is 14.8 Å². The Balaban J connectivity index is 2.65. The molecular formula is C15H17NO4S2. The Labute approximate surface area is 133 Å². The Bertz CT molecular complexity index is 772. The van der Waals surface area contributed by atoms with Gasteiger partial charge in [0, 0.05) is 0 Å². The van der Waals surface area contributed by atoms with Gasteiger partial charge in [0.1, 0.15) is 10.8 Å². The highest BCUT2D eigenvalue weighted by Crippen LogP contribution is 2.32. The third-order valence-electron chi connectivity index (χ3n) is 3.20. The molecule has 118 valence electrons. The summed E-state index contributed by atoms with van der Waals surface area (Å²) in [7, 11) is -3.89. The second-order valence-electron chi connectivity index (χ2n) is 5.08. The standard InChI is InChI=1S/C15H17NO4S2/c1-10-7-11(2)15(12(3)8-10)16(9-13(17)18)22(19,20)14-5-4-6-21-14/h4-8H,9H2,1-3H3,(H,17,18). The summed E-state index contributed by atoms with van der Waals surface area (Å²) in [6.45, 7) is 4.88. The first-order valence-corrected chi connectivity index (χ1v) is 8.91. The number of thiophene rings is 1. The van der Waals surface area contributed by atoms with Crippen LogP contribution >= 0.6 is 11.3 Å². The summed E-state index contributed by atoms with van der Waals surface area (Å²) in [6.07, 6.45) is 0. The smallest absolute Gasteiger partial charge is 0.324 e. The first-order chi connectivity index (χ1) is 10.2. The van der Waals surface area contributed by atoms with Crippen molar-refractivity contribution in [1.29, 1.82) is 0 Å². The van der Waals surface area contributed by atoms with Gasteiger partial charge in [-0.2, -0.15) is 0 Å². The van der Waals surface area contributed by atoms with E-state index in [2.05, 4.69) is 0 Å². The third kappa shape index (κ3) is 3.15. The SMILES string of the molecule is Cc1cc(C)c(N(CC(=O)O)S(=O)(=O)c2cccs2)c(C)c1. The Morgan fingerprint density at radius 3 is 2.27 bits per heavy atom. The zero-order chi connectivity index (χ0) is 16.5. The predicted molar refractivity (Wildman–Crippen MR) is 87.1 cm³/mol. The van der Waals surface area contributed by atoms with Crippen LogP contribution < -0.4 is 4.31 Å². The summed E-state index contributed by atoms with van der Waals surface area (Å²) in [6, 6.07) is 6.81. The molecule has 7 heteroatoms. The van der Waals surface area contributed by atoms with Gasteiger partial charge in [-0.1, -0.05) is 23.8 Å². The van der Waals surface area contributed by atoms with Crippen LogP contribution in [0.15, 0.2) is 33.9 Å². The Morgan fingerprint density at radius 1 is 1.23 bits per heavy atom. The molecule has 1 heterocycles. The highest BCUT2D eigenvalue weighted by atomic mass is 32.2. The van der Waals surface area contributed by atoms with Gasteiger partial charge in [-0.05, 0) is 43.3 Å². The van der Waals surface area contributed by atoms with Gasteiger partial charge in [0.15, 0.2) is 0 Å². The number of nitrogens with zero attached hydrogens (tertiary/aromatic N) is 1. The molecule has 0 bridgehead atoms. The molecule has 2 rings (SSSR count). The molecule has 1 aromatic heterocycles. The van der Waals surface area contributed by atoms with Gasteiger partial charge in [0.2, 0.25) is 0 Å². The summed E-state index contributed by atoms with van der Waals surface area (Å²) < 4.78 is 26.7. The molecule has 0 amide bonds. The molecule has 0 radical (unpaired) electrons. The van der Waals surface area contributed by atoms with Crippen LogP contribution in [0.25, 0.3) is 0 Å². The number of hydrogen-bond donors (Lipinski definition) is 1. The van der Waals surface area contributed by atoms with Crippen molar-refractivity contribution in [3.63, 3.8) is 0 Å². The second kappa shape index (κ2) is 6.10. The van der Waals surface area contributed by atoms with E-state index in [9.17, 15) is 13.2 Å². The molecule has 2 aromatic rings. The maximum Gasteiger partial charge on any atom is 0.324 e. The summed E-state index contributed by atoms with van der Waals surface area (Å²) in [5.41, 5.74) is 2.90. The molecule has 0 saturated heterocycles. The van der Waals surface area contributed by atoms with E-state index in [1.54, 1.807) is 25.3 Å². The van der Waals surface area contributed by atoms with E-state index in [0.29, 0.717) is 5.69 Å². The minimum absolute atomic E-state index is 0.133. The van der Waals surface area contributed by atoms with Gasteiger partial charge >= 0.3 is 5.97 Å². The first kappa shape index (κ1) is 16.5. The quantitative estimate of drug-likeness (QED) is 0.909. The molecule has 0 fully saturated rings. The molecule has 0 aliphatic rings. The van der Waals surface area contributed by atoms with Gasteiger partial charge in [-0.15, -0.1) is 11.3 Å². The number of hydrogen-bond acceptors (Lipinski definition) is 4. The van der Waals surface area contributed by atoms with Crippen LogP contribution in [0.1, 0.15) is 16.7 Å². The van der Waals surface area contributed by atoms with Gasteiger partial charge in [-0.25, -0.2) is 8.42 Å². The Hall–Kier alpha value is -1.86. The van der Waals surface area contributed by atoms with Crippen molar-refractivity contribution in [2.45, 2.75) is 25.0 Å². The van der Waals surface area contributed by atoms with E-state index >= 15 is 0 Å². The summed E-state index contributed by atoms with van der Waals surface area (Å²) in [5, 5.41) is 10.8. The fraction of sp³-hybridized carbons (Fsp3) is 0.267. The van der Waals surface area contributed by atoms with E-state index in [1.807, 2.05) is 19.1 Å². The van der Waals surface area contributed by atoms with E-state index in [1.165, 1.54) is 6.07 Å². The molecule has 1 N–H and O–H groups in total. The number of carboxylic acids is 1. The average molecular weight is 339 g/mol. The molecule has 0 atom stereocenters. The number of aryl methyl sites for hydroxylation is 3. The van der Waals surface area contributed by atoms with Gasteiger partial charge in [-0.3, -0.25) is 9.10 Å². The molecule has 0 spiro atoms. The van der Waals surface area contributed by atoms with Crippen LogP contribution in [0, 0.1) is 20.8 Å². The van der Waals surface area contributed by atoms with Crippen LogP contribution in [-0.4, -0.2) is 26.0 Å². The van der Waals surface area contributed by atoms with Crippen molar-refractivity contribution in [2.75, 3.05) is 10.8 Å². The van der Waals surface area contributed by atoms with Crippen molar-refractivity contribution in [3.05, 3.63) is 46.3 Å². The van der Waals surface area contributed by atoms with E-state index in [-0.39, 0.29) is 4.21 Å². The summed E-state index contributed by atoms with van der Waals surface area (Å²) in [5.74, 6) is -1.19. The van der Waals surface area contributed by atoms with Gasteiger partial charge in [0.05, 0.1) is 5.69 Å². The van der Waals surface area contributed by atoms with Crippen LogP contribution in [0.4, 0.5) is 5.69 Å². The minimum atomic E-state index is -3.89. The highest BCUT2D eigenvalue weighted by molar-refractivity contribution is 7.94. The van der Waals surface area contributed by atoms with Crippen molar-refractivity contribution in [2.24, 2.45) is 0 Å². The maximum atomic E-state index is 12.8. The summed E-state index contributed by atoms with van der Waals surface area (Å²) >= 11 is 1.07. The zero-order valence-corrected chi connectivity index (χ0v) is 14.2. The lowest BCUT2D eigenvalue weighted by Crippen LogP contribution is -2.36. The summed E-state index contributed by atoms with van der Waals surface area (Å²) in [4.78, 5) is 11.2. The highest BCUT2D eigenvalue weighted by Gasteiger charge is 2.30. The zero-order valence-electron chi connectivity index (χ0n) is 12.5. The lowest BCUT2D eigenvalue weighted by atomic mass is 10.1. The number of sulfonamides is 1. The molecule has 0 aliphatic heterocycles. The van der Waals surface area contributed by atoms with Gasteiger partial charge < -0.3 is 5.11 Å². The van der Waals surface area contributed by atoms with Crippen molar-refractivity contribution < 1.29 is 18.3 Å².